The predicted octanol–water partition coefficient (Wildman–Crippen LogP) is 0.964. The minimum absolute atomic E-state index is 0.128. The van der Waals surface area contributed by atoms with Crippen LogP contribution >= 0.6 is 0 Å². The number of carbonyl (C=O) groups is 2. The van der Waals surface area contributed by atoms with E-state index in [0.29, 0.717) is 31.9 Å². The van der Waals surface area contributed by atoms with Crippen LogP contribution in [0.1, 0.15) is 26.2 Å². The zero-order valence-corrected chi connectivity index (χ0v) is 12.3. The SMILES string of the molecule is COCCN(CCC(=O)OC)C(=O)C1(C#N)CC(C)C1. The second kappa shape index (κ2) is 7.25. The summed E-state index contributed by atoms with van der Waals surface area (Å²) in [5.41, 5.74) is -0.913. The van der Waals surface area contributed by atoms with Crippen LogP contribution < -0.4 is 0 Å². The van der Waals surface area contributed by atoms with E-state index in [1.807, 2.05) is 6.92 Å². The summed E-state index contributed by atoms with van der Waals surface area (Å²) < 4.78 is 9.56. The van der Waals surface area contributed by atoms with E-state index in [1.54, 1.807) is 7.11 Å². The van der Waals surface area contributed by atoms with Gasteiger partial charge in [-0.1, -0.05) is 6.92 Å². The van der Waals surface area contributed by atoms with Gasteiger partial charge in [-0.15, -0.1) is 0 Å². The van der Waals surface area contributed by atoms with Crippen molar-refractivity contribution in [2.75, 3.05) is 33.9 Å². The van der Waals surface area contributed by atoms with Crippen LogP contribution in [0.2, 0.25) is 0 Å². The van der Waals surface area contributed by atoms with Crippen molar-refractivity contribution in [1.29, 1.82) is 5.26 Å². The Hall–Kier alpha value is -1.61. The van der Waals surface area contributed by atoms with Gasteiger partial charge < -0.3 is 14.4 Å². The molecule has 1 saturated carbocycles. The molecule has 0 radical (unpaired) electrons. The Morgan fingerprint density at radius 1 is 1.35 bits per heavy atom. The summed E-state index contributed by atoms with van der Waals surface area (Å²) >= 11 is 0. The van der Waals surface area contributed by atoms with Gasteiger partial charge in [0.2, 0.25) is 5.91 Å². The smallest absolute Gasteiger partial charge is 0.307 e. The number of rotatable bonds is 7. The monoisotopic (exact) mass is 282 g/mol. The summed E-state index contributed by atoms with van der Waals surface area (Å²) in [6.07, 6.45) is 1.30. The van der Waals surface area contributed by atoms with Crippen molar-refractivity contribution >= 4 is 11.9 Å². The summed E-state index contributed by atoms with van der Waals surface area (Å²) in [5.74, 6) is -0.171. The number of carbonyl (C=O) groups excluding carboxylic acids is 2. The highest BCUT2D eigenvalue weighted by Crippen LogP contribution is 2.46. The zero-order valence-electron chi connectivity index (χ0n) is 12.3. The van der Waals surface area contributed by atoms with Gasteiger partial charge in [-0.05, 0) is 18.8 Å². The lowest BCUT2D eigenvalue weighted by Gasteiger charge is -2.42. The Labute approximate surface area is 119 Å². The van der Waals surface area contributed by atoms with Crippen molar-refractivity contribution in [1.82, 2.24) is 4.90 Å². The molecule has 0 heterocycles. The third-order valence-electron chi connectivity index (χ3n) is 3.68. The summed E-state index contributed by atoms with van der Waals surface area (Å²) in [6, 6.07) is 2.16. The summed E-state index contributed by atoms with van der Waals surface area (Å²) in [5, 5.41) is 9.30. The van der Waals surface area contributed by atoms with E-state index in [1.165, 1.54) is 12.0 Å². The van der Waals surface area contributed by atoms with E-state index in [9.17, 15) is 14.9 Å². The van der Waals surface area contributed by atoms with Gasteiger partial charge in [0.05, 0.1) is 26.2 Å². The van der Waals surface area contributed by atoms with Gasteiger partial charge in [-0.3, -0.25) is 9.59 Å². The molecule has 1 fully saturated rings. The van der Waals surface area contributed by atoms with Gasteiger partial charge in [0.15, 0.2) is 0 Å². The Morgan fingerprint density at radius 3 is 2.45 bits per heavy atom. The number of hydrogen-bond donors (Lipinski definition) is 0. The fourth-order valence-corrected chi connectivity index (χ4v) is 2.59. The average Bonchev–Trinajstić information content (AvgIpc) is 2.42. The van der Waals surface area contributed by atoms with Crippen molar-refractivity contribution in [3.63, 3.8) is 0 Å². The molecule has 0 atom stereocenters. The molecule has 0 aromatic carbocycles. The first-order valence-corrected chi connectivity index (χ1v) is 6.75. The molecule has 0 aromatic heterocycles. The van der Waals surface area contributed by atoms with Crippen molar-refractivity contribution in [2.24, 2.45) is 11.3 Å². The van der Waals surface area contributed by atoms with Crippen LogP contribution in [0.3, 0.4) is 0 Å². The number of ether oxygens (including phenoxy) is 2. The first kappa shape index (κ1) is 16.4. The zero-order chi connectivity index (χ0) is 15.2. The highest BCUT2D eigenvalue weighted by molar-refractivity contribution is 5.87. The molecular weight excluding hydrogens is 260 g/mol. The maximum Gasteiger partial charge on any atom is 0.307 e. The van der Waals surface area contributed by atoms with Crippen molar-refractivity contribution in [3.8, 4) is 6.07 Å². The molecule has 0 N–H and O–H groups in total. The largest absolute Gasteiger partial charge is 0.469 e. The lowest BCUT2D eigenvalue weighted by Crippen LogP contribution is -2.51. The van der Waals surface area contributed by atoms with E-state index in [2.05, 4.69) is 10.8 Å². The molecule has 1 aliphatic carbocycles. The highest BCUT2D eigenvalue weighted by atomic mass is 16.5. The Kier molecular flexibility index (Phi) is 5.96. The molecule has 0 aliphatic heterocycles. The fourth-order valence-electron chi connectivity index (χ4n) is 2.59. The van der Waals surface area contributed by atoms with Gasteiger partial charge in [-0.25, -0.2) is 0 Å². The van der Waals surface area contributed by atoms with Crippen LogP contribution in [0.15, 0.2) is 0 Å². The third-order valence-corrected chi connectivity index (χ3v) is 3.68. The van der Waals surface area contributed by atoms with E-state index in [0.717, 1.165) is 0 Å². The van der Waals surface area contributed by atoms with E-state index >= 15 is 0 Å². The lowest BCUT2D eigenvalue weighted by molar-refractivity contribution is -0.147. The van der Waals surface area contributed by atoms with Crippen LogP contribution in [0.5, 0.6) is 0 Å². The fraction of sp³-hybridized carbons (Fsp3) is 0.786. The number of nitrogens with zero attached hydrogens (tertiary/aromatic N) is 2. The van der Waals surface area contributed by atoms with Gasteiger partial charge in [0.25, 0.3) is 0 Å². The maximum atomic E-state index is 12.5. The van der Waals surface area contributed by atoms with Crippen LogP contribution in [-0.2, 0) is 19.1 Å². The highest BCUT2D eigenvalue weighted by Gasteiger charge is 2.50. The molecule has 1 aliphatic rings. The summed E-state index contributed by atoms with van der Waals surface area (Å²) in [7, 11) is 2.86. The molecule has 1 rings (SSSR count). The van der Waals surface area contributed by atoms with Crippen LogP contribution in [-0.4, -0.2) is 50.7 Å². The van der Waals surface area contributed by atoms with Gasteiger partial charge >= 0.3 is 5.97 Å². The maximum absolute atomic E-state index is 12.5. The first-order valence-electron chi connectivity index (χ1n) is 6.75. The van der Waals surface area contributed by atoms with E-state index in [4.69, 9.17) is 4.74 Å². The van der Waals surface area contributed by atoms with Crippen LogP contribution in [0, 0.1) is 22.7 Å². The second-order valence-corrected chi connectivity index (χ2v) is 5.32. The van der Waals surface area contributed by atoms with Gasteiger partial charge in [0, 0.05) is 20.2 Å². The van der Waals surface area contributed by atoms with E-state index in [-0.39, 0.29) is 24.8 Å². The molecule has 6 nitrogen and oxygen atoms in total. The van der Waals surface area contributed by atoms with Gasteiger partial charge in [-0.2, -0.15) is 5.26 Å². The second-order valence-electron chi connectivity index (χ2n) is 5.32. The summed E-state index contributed by atoms with van der Waals surface area (Å²) in [6.45, 7) is 3.04. The minimum Gasteiger partial charge on any atom is -0.469 e. The lowest BCUT2D eigenvalue weighted by atomic mass is 9.62. The number of methoxy groups -OCH3 is 2. The standard InChI is InChI=1S/C14H22N2O4/c1-11-8-14(9-11,10-15)13(18)16(6-7-19-2)5-4-12(17)20-3/h11H,4-9H2,1-3H3. The molecule has 20 heavy (non-hydrogen) atoms. The molecule has 0 bridgehead atoms. The number of amides is 1. The number of nitriles is 1. The molecule has 0 unspecified atom stereocenters. The predicted molar refractivity (Wildman–Crippen MR) is 71.5 cm³/mol. The molecule has 6 heteroatoms. The van der Waals surface area contributed by atoms with Gasteiger partial charge in [0.1, 0.15) is 5.41 Å². The molecular formula is C14H22N2O4. The van der Waals surface area contributed by atoms with Crippen molar-refractivity contribution in [3.05, 3.63) is 0 Å². The van der Waals surface area contributed by atoms with Crippen LogP contribution in [0.25, 0.3) is 0 Å². The van der Waals surface area contributed by atoms with E-state index < -0.39 is 5.41 Å². The van der Waals surface area contributed by atoms with Crippen molar-refractivity contribution < 1.29 is 19.1 Å². The number of esters is 1. The molecule has 0 spiro atoms. The minimum atomic E-state index is -0.913. The Balaban J connectivity index is 2.69. The molecule has 112 valence electrons. The molecule has 1 amide bonds. The average molecular weight is 282 g/mol. The molecule has 0 aromatic rings. The molecule has 0 saturated heterocycles. The van der Waals surface area contributed by atoms with Crippen molar-refractivity contribution in [2.45, 2.75) is 26.2 Å². The Morgan fingerprint density at radius 2 is 2.00 bits per heavy atom. The first-order chi connectivity index (χ1) is 9.49. The van der Waals surface area contributed by atoms with Crippen LogP contribution in [0.4, 0.5) is 0 Å². The normalized spacial score (nSPS) is 24.4. The Bertz CT molecular complexity index is 396. The summed E-state index contributed by atoms with van der Waals surface area (Å²) in [4.78, 5) is 25.3. The quantitative estimate of drug-likeness (QED) is 0.650. The third kappa shape index (κ3) is 3.70. The number of hydrogen-bond acceptors (Lipinski definition) is 5. The topological polar surface area (TPSA) is 79.6 Å².